The third-order valence-corrected chi connectivity index (χ3v) is 5.34. The molecule has 1 unspecified atom stereocenters. The summed E-state index contributed by atoms with van der Waals surface area (Å²) in [6.07, 6.45) is 0. The van der Waals surface area contributed by atoms with E-state index >= 15 is 0 Å². The van der Waals surface area contributed by atoms with E-state index < -0.39 is 29.9 Å². The summed E-state index contributed by atoms with van der Waals surface area (Å²) in [4.78, 5) is 31.2. The lowest BCUT2D eigenvalue weighted by Gasteiger charge is -2.22. The van der Waals surface area contributed by atoms with Crippen LogP contribution in [-0.2, 0) is 23.4 Å². The van der Waals surface area contributed by atoms with Gasteiger partial charge in [0.05, 0.1) is 17.6 Å². The van der Waals surface area contributed by atoms with E-state index in [1.165, 1.54) is 43.3 Å². The molecule has 2 heterocycles. The number of carbonyl (C=O) groups excluding carboxylic acids is 2. The first kappa shape index (κ1) is 20.7. The van der Waals surface area contributed by atoms with Gasteiger partial charge in [0.15, 0.2) is 0 Å². The normalized spacial score (nSPS) is 18.8. The molecule has 1 N–H and O–H groups in total. The molecule has 0 aliphatic carbocycles. The minimum atomic E-state index is -2.96. The second kappa shape index (κ2) is 7.60. The molecule has 1 aromatic heterocycles. The maximum atomic E-state index is 13.6. The number of imide groups is 1. The van der Waals surface area contributed by atoms with Crippen LogP contribution in [-0.4, -0.2) is 33.0 Å². The lowest BCUT2D eigenvalue weighted by Crippen LogP contribution is -2.40. The van der Waals surface area contributed by atoms with E-state index in [1.807, 2.05) is 11.5 Å². The fourth-order valence-corrected chi connectivity index (χ4v) is 3.77. The molecule has 1 aliphatic heterocycles. The van der Waals surface area contributed by atoms with Gasteiger partial charge in [-0.15, -0.1) is 0 Å². The highest BCUT2D eigenvalue weighted by atomic mass is 19.3. The summed E-state index contributed by atoms with van der Waals surface area (Å²) in [5.74, 6) is -0.557. The van der Waals surface area contributed by atoms with Gasteiger partial charge in [-0.25, -0.2) is 14.2 Å². The second-order valence-corrected chi connectivity index (χ2v) is 7.25. The van der Waals surface area contributed by atoms with E-state index in [0.717, 1.165) is 4.90 Å². The van der Waals surface area contributed by atoms with Crippen molar-refractivity contribution in [1.82, 2.24) is 19.8 Å². The number of aromatic nitrogens is 2. The quantitative estimate of drug-likeness (QED) is 0.602. The van der Waals surface area contributed by atoms with E-state index in [-0.39, 0.29) is 12.3 Å². The zero-order chi connectivity index (χ0) is 22.3. The number of aryl methyl sites for hydroxylation is 1. The Morgan fingerprint density at radius 1 is 1.16 bits per heavy atom. The summed E-state index contributed by atoms with van der Waals surface area (Å²) in [6, 6.07) is 9.12. The number of imidazole rings is 1. The van der Waals surface area contributed by atoms with Crippen LogP contribution in [0.4, 0.5) is 18.0 Å². The van der Waals surface area contributed by atoms with Crippen molar-refractivity contribution in [3.8, 4) is 5.75 Å². The van der Waals surface area contributed by atoms with Gasteiger partial charge in [-0.05, 0) is 43.7 Å². The minimum Gasteiger partial charge on any atom is -0.435 e. The summed E-state index contributed by atoms with van der Waals surface area (Å²) in [5, 5.41) is 2.66. The molecule has 0 saturated carbocycles. The van der Waals surface area contributed by atoms with Gasteiger partial charge in [0, 0.05) is 12.6 Å². The number of nitrogens with one attached hydrogen (secondary N) is 1. The predicted octanol–water partition coefficient (Wildman–Crippen LogP) is 3.76. The first-order valence-electron chi connectivity index (χ1n) is 9.57. The summed E-state index contributed by atoms with van der Waals surface area (Å²) < 4.78 is 44.4. The third kappa shape index (κ3) is 3.58. The van der Waals surface area contributed by atoms with E-state index in [9.17, 15) is 22.8 Å². The molecule has 7 nitrogen and oxygen atoms in total. The van der Waals surface area contributed by atoms with Crippen molar-refractivity contribution in [2.45, 2.75) is 39.1 Å². The van der Waals surface area contributed by atoms with Crippen LogP contribution in [0, 0.1) is 5.82 Å². The summed E-state index contributed by atoms with van der Waals surface area (Å²) in [7, 11) is 0. The molecule has 31 heavy (non-hydrogen) atoms. The average Bonchev–Trinajstić information content (AvgIpc) is 3.17. The molecule has 0 bridgehead atoms. The van der Waals surface area contributed by atoms with Crippen molar-refractivity contribution < 1.29 is 27.5 Å². The SMILES string of the molecule is CCn1c(CN2C(=O)NC(C)(c3ccc(OC(F)F)cc3)C2=O)nc2cc(F)ccc21. The van der Waals surface area contributed by atoms with Crippen LogP contribution in [0.1, 0.15) is 25.2 Å². The fraction of sp³-hybridized carbons (Fsp3) is 0.286. The molecule has 1 saturated heterocycles. The molecule has 1 atom stereocenters. The Balaban J connectivity index is 1.62. The minimum absolute atomic E-state index is 0.0557. The number of fused-ring (bicyclic) bond motifs is 1. The standard InChI is InChI=1S/C21H19F3N4O3/c1-3-27-16-9-6-13(22)10-15(16)25-17(27)11-28-18(29)21(2,26-20(28)30)12-4-7-14(8-5-12)31-19(23)24/h4-10,19H,3,11H2,1-2H3,(H,26,30). The first-order chi connectivity index (χ1) is 14.7. The lowest BCUT2D eigenvalue weighted by atomic mass is 9.92. The predicted molar refractivity (Wildman–Crippen MR) is 105 cm³/mol. The fourth-order valence-electron chi connectivity index (χ4n) is 3.77. The number of amides is 3. The number of alkyl halides is 2. The molecule has 0 radical (unpaired) electrons. The van der Waals surface area contributed by atoms with Crippen molar-refractivity contribution in [2.75, 3.05) is 0 Å². The maximum absolute atomic E-state index is 13.6. The topological polar surface area (TPSA) is 76.5 Å². The van der Waals surface area contributed by atoms with Crippen LogP contribution >= 0.6 is 0 Å². The summed E-state index contributed by atoms with van der Waals surface area (Å²) in [5.41, 5.74) is 0.168. The molecule has 0 spiro atoms. The van der Waals surface area contributed by atoms with Gasteiger partial charge in [0.1, 0.15) is 22.9 Å². The highest BCUT2D eigenvalue weighted by molar-refractivity contribution is 6.07. The van der Waals surface area contributed by atoms with E-state index in [1.54, 1.807) is 6.07 Å². The van der Waals surface area contributed by atoms with Crippen LogP contribution < -0.4 is 10.1 Å². The number of hydrogen-bond acceptors (Lipinski definition) is 4. The third-order valence-electron chi connectivity index (χ3n) is 5.34. The molecule has 1 fully saturated rings. The van der Waals surface area contributed by atoms with E-state index in [0.29, 0.717) is 29.0 Å². The molecule has 3 aromatic rings. The maximum Gasteiger partial charge on any atom is 0.387 e. The van der Waals surface area contributed by atoms with Crippen molar-refractivity contribution >= 4 is 23.0 Å². The van der Waals surface area contributed by atoms with Crippen molar-refractivity contribution in [2.24, 2.45) is 0 Å². The van der Waals surface area contributed by atoms with Gasteiger partial charge in [0.25, 0.3) is 5.91 Å². The molecule has 162 valence electrons. The number of carbonyl (C=O) groups is 2. The van der Waals surface area contributed by atoms with Crippen LogP contribution in [0.3, 0.4) is 0 Å². The largest absolute Gasteiger partial charge is 0.435 e. The van der Waals surface area contributed by atoms with Gasteiger partial charge in [-0.3, -0.25) is 9.69 Å². The average molecular weight is 432 g/mol. The van der Waals surface area contributed by atoms with Crippen molar-refractivity contribution in [3.63, 3.8) is 0 Å². The smallest absolute Gasteiger partial charge is 0.387 e. The monoisotopic (exact) mass is 432 g/mol. The number of ether oxygens (including phenoxy) is 1. The Bertz CT molecular complexity index is 1160. The second-order valence-electron chi connectivity index (χ2n) is 7.25. The number of nitrogens with zero attached hydrogens (tertiary/aromatic N) is 3. The van der Waals surface area contributed by atoms with Gasteiger partial charge >= 0.3 is 12.6 Å². The number of hydrogen-bond donors (Lipinski definition) is 1. The highest BCUT2D eigenvalue weighted by Gasteiger charge is 2.49. The number of urea groups is 1. The Labute approximate surface area is 175 Å². The van der Waals surface area contributed by atoms with Gasteiger partial charge in [-0.2, -0.15) is 8.78 Å². The molecule has 2 aromatic carbocycles. The molecular formula is C21H19F3N4O3. The van der Waals surface area contributed by atoms with Crippen LogP contribution in [0.25, 0.3) is 11.0 Å². The van der Waals surface area contributed by atoms with E-state index in [2.05, 4.69) is 15.0 Å². The lowest BCUT2D eigenvalue weighted by molar-refractivity contribution is -0.131. The van der Waals surface area contributed by atoms with Gasteiger partial charge < -0.3 is 14.6 Å². The Hall–Kier alpha value is -3.56. The molecule has 1 aliphatic rings. The number of benzene rings is 2. The van der Waals surface area contributed by atoms with Gasteiger partial charge in [-0.1, -0.05) is 12.1 Å². The van der Waals surface area contributed by atoms with E-state index in [4.69, 9.17) is 0 Å². The highest BCUT2D eigenvalue weighted by Crippen LogP contribution is 2.31. The van der Waals surface area contributed by atoms with Gasteiger partial charge in [0.2, 0.25) is 0 Å². The molecule has 3 amide bonds. The van der Waals surface area contributed by atoms with Crippen LogP contribution in [0.2, 0.25) is 0 Å². The van der Waals surface area contributed by atoms with Crippen LogP contribution in [0.5, 0.6) is 5.75 Å². The molecular weight excluding hydrogens is 413 g/mol. The van der Waals surface area contributed by atoms with Crippen LogP contribution in [0.15, 0.2) is 42.5 Å². The zero-order valence-corrected chi connectivity index (χ0v) is 16.7. The first-order valence-corrected chi connectivity index (χ1v) is 9.57. The molecule has 10 heteroatoms. The Morgan fingerprint density at radius 3 is 2.52 bits per heavy atom. The molecule has 4 rings (SSSR count). The number of halogens is 3. The summed E-state index contributed by atoms with van der Waals surface area (Å²) in [6.45, 7) is 0.874. The van der Waals surface area contributed by atoms with Crippen molar-refractivity contribution in [3.05, 3.63) is 59.7 Å². The zero-order valence-electron chi connectivity index (χ0n) is 16.7. The number of rotatable bonds is 6. The van der Waals surface area contributed by atoms with Crippen molar-refractivity contribution in [1.29, 1.82) is 0 Å². The Morgan fingerprint density at radius 2 is 1.87 bits per heavy atom. The summed E-state index contributed by atoms with van der Waals surface area (Å²) >= 11 is 0. The Kier molecular flexibility index (Phi) is 5.08.